The van der Waals surface area contributed by atoms with Crippen molar-refractivity contribution in [2.45, 2.75) is 25.4 Å². The van der Waals surface area contributed by atoms with E-state index < -0.39 is 8.07 Å². The summed E-state index contributed by atoms with van der Waals surface area (Å²) >= 11 is 0. The average molecular weight is 170 g/mol. The lowest BCUT2D eigenvalue weighted by Gasteiger charge is -2.36. The highest BCUT2D eigenvalue weighted by Gasteiger charge is 2.33. The molecule has 1 rings (SSSR count). The van der Waals surface area contributed by atoms with Crippen LogP contribution >= 0.6 is 0 Å². The van der Waals surface area contributed by atoms with Gasteiger partial charge in [0.25, 0.3) is 0 Å². The monoisotopic (exact) mass is 170 g/mol. The smallest absolute Gasteiger partial charge is 0.0958 e. The maximum Gasteiger partial charge on any atom is 0.0958 e. The fourth-order valence-electron chi connectivity index (χ4n) is 1.88. The van der Waals surface area contributed by atoms with E-state index in [0.29, 0.717) is 5.79 Å². The van der Waals surface area contributed by atoms with E-state index in [0.717, 1.165) is 0 Å². The second-order valence-electron chi connectivity index (χ2n) is 4.37. The normalized spacial score (nSPS) is 20.1. The minimum Gasteiger partial charge on any atom is -0.362 e. The summed E-state index contributed by atoms with van der Waals surface area (Å²) in [6.45, 7) is 7.20. The topological polar surface area (TPSA) is 6.48 Å². The van der Waals surface area contributed by atoms with Crippen LogP contribution in [0.4, 0.5) is 0 Å². The first kappa shape index (κ1) is 8.65. The summed E-state index contributed by atoms with van der Waals surface area (Å²) in [5.74, 6) is 0.641. The number of nitrogens with zero attached hydrogens (tertiary/aromatic N) is 2. The van der Waals surface area contributed by atoms with Crippen molar-refractivity contribution < 1.29 is 0 Å². The minimum atomic E-state index is -1.06. The molecule has 3 heteroatoms. The Kier molecular flexibility index (Phi) is 2.01. The van der Waals surface area contributed by atoms with Crippen molar-refractivity contribution in [2.75, 3.05) is 14.1 Å². The third-order valence-corrected chi connectivity index (χ3v) is 4.45. The Hall–Kier alpha value is -0.443. The van der Waals surface area contributed by atoms with Gasteiger partial charge in [0.05, 0.1) is 13.9 Å². The van der Waals surface area contributed by atoms with Gasteiger partial charge in [-0.15, -0.1) is 0 Å². The van der Waals surface area contributed by atoms with Crippen LogP contribution in [0.15, 0.2) is 12.4 Å². The summed E-state index contributed by atoms with van der Waals surface area (Å²) in [5.41, 5.74) is 0. The van der Waals surface area contributed by atoms with Crippen LogP contribution in [-0.2, 0) is 0 Å². The van der Waals surface area contributed by atoms with Gasteiger partial charge in [-0.25, -0.2) is 0 Å². The Labute approximate surface area is 70.5 Å². The van der Waals surface area contributed by atoms with Crippen molar-refractivity contribution in [3.63, 3.8) is 0 Å². The van der Waals surface area contributed by atoms with E-state index in [-0.39, 0.29) is 0 Å². The first-order valence-electron chi connectivity index (χ1n) is 4.05. The van der Waals surface area contributed by atoms with E-state index >= 15 is 0 Å². The molecule has 0 N–H and O–H groups in total. The van der Waals surface area contributed by atoms with Crippen molar-refractivity contribution in [1.29, 1.82) is 0 Å². The van der Waals surface area contributed by atoms with Crippen molar-refractivity contribution >= 4 is 8.07 Å². The van der Waals surface area contributed by atoms with E-state index in [1.807, 2.05) is 0 Å². The van der Waals surface area contributed by atoms with Crippen LogP contribution in [0.2, 0.25) is 19.6 Å². The zero-order valence-electron chi connectivity index (χ0n) is 8.13. The molecule has 0 atom stereocenters. The lowest BCUT2D eigenvalue weighted by Crippen LogP contribution is -2.52. The fourth-order valence-corrected chi connectivity index (χ4v) is 4.50. The van der Waals surface area contributed by atoms with Crippen LogP contribution in [-0.4, -0.2) is 37.8 Å². The van der Waals surface area contributed by atoms with Crippen molar-refractivity contribution in [3.8, 4) is 0 Å². The highest BCUT2D eigenvalue weighted by molar-refractivity contribution is 6.77. The van der Waals surface area contributed by atoms with Gasteiger partial charge in [0.2, 0.25) is 0 Å². The molecular weight excluding hydrogens is 152 g/mol. The molecule has 0 unspecified atom stereocenters. The summed E-state index contributed by atoms with van der Waals surface area (Å²) in [6, 6.07) is 0. The van der Waals surface area contributed by atoms with Crippen LogP contribution in [0.1, 0.15) is 0 Å². The Morgan fingerprint density at radius 2 is 1.36 bits per heavy atom. The average Bonchev–Trinajstić information content (AvgIpc) is 2.08. The van der Waals surface area contributed by atoms with Gasteiger partial charge in [-0.1, -0.05) is 19.6 Å². The van der Waals surface area contributed by atoms with E-state index in [4.69, 9.17) is 0 Å². The first-order chi connectivity index (χ1) is 4.93. The van der Waals surface area contributed by atoms with Gasteiger partial charge < -0.3 is 9.80 Å². The molecular formula is C8H18N2Si. The lowest BCUT2D eigenvalue weighted by molar-refractivity contribution is 0.280. The molecule has 0 aliphatic carbocycles. The third kappa shape index (κ3) is 1.58. The zero-order chi connectivity index (χ0) is 8.65. The van der Waals surface area contributed by atoms with E-state index in [2.05, 4.69) is 55.9 Å². The standard InChI is InChI=1S/C8H18N2Si/c1-9-6-7-10(2)8(9)11(3,4)5/h6-8H,1-5H3. The Morgan fingerprint density at radius 3 is 1.55 bits per heavy atom. The lowest BCUT2D eigenvalue weighted by atomic mass is 10.8. The maximum atomic E-state index is 2.40. The molecule has 0 fully saturated rings. The molecule has 64 valence electrons. The van der Waals surface area contributed by atoms with Gasteiger partial charge >= 0.3 is 0 Å². The number of hydrogen-bond donors (Lipinski definition) is 0. The highest BCUT2D eigenvalue weighted by atomic mass is 28.3. The molecule has 0 spiro atoms. The Morgan fingerprint density at radius 1 is 1.00 bits per heavy atom. The Balaban J connectivity index is 2.74. The molecule has 1 heterocycles. The highest BCUT2D eigenvalue weighted by Crippen LogP contribution is 2.21. The molecule has 1 aliphatic rings. The molecule has 0 bridgehead atoms. The van der Waals surface area contributed by atoms with Crippen molar-refractivity contribution in [2.24, 2.45) is 0 Å². The molecule has 11 heavy (non-hydrogen) atoms. The van der Waals surface area contributed by atoms with Gasteiger partial charge in [0, 0.05) is 26.5 Å². The van der Waals surface area contributed by atoms with Crippen molar-refractivity contribution in [1.82, 2.24) is 9.80 Å². The summed E-state index contributed by atoms with van der Waals surface area (Å²) < 4.78 is 0. The van der Waals surface area contributed by atoms with Gasteiger partial charge in [-0.05, 0) is 0 Å². The number of rotatable bonds is 1. The third-order valence-electron chi connectivity index (χ3n) is 2.08. The van der Waals surface area contributed by atoms with Gasteiger partial charge in [0.1, 0.15) is 0 Å². The summed E-state index contributed by atoms with van der Waals surface area (Å²) in [5, 5.41) is 0. The SMILES string of the molecule is CN1C=CN(C)C1[Si](C)(C)C. The quantitative estimate of drug-likeness (QED) is 0.551. The zero-order valence-corrected chi connectivity index (χ0v) is 9.13. The number of hydrogen-bond acceptors (Lipinski definition) is 2. The summed E-state index contributed by atoms with van der Waals surface area (Å²) in [7, 11) is 3.25. The second-order valence-corrected chi connectivity index (χ2v) is 9.62. The largest absolute Gasteiger partial charge is 0.362 e. The maximum absolute atomic E-state index is 2.40. The van der Waals surface area contributed by atoms with Crippen LogP contribution in [0, 0.1) is 0 Å². The van der Waals surface area contributed by atoms with Gasteiger partial charge in [0.15, 0.2) is 0 Å². The van der Waals surface area contributed by atoms with Gasteiger partial charge in [-0.3, -0.25) is 0 Å². The predicted octanol–water partition coefficient (Wildman–Crippen LogP) is 1.54. The second kappa shape index (κ2) is 2.55. The van der Waals surface area contributed by atoms with E-state index in [1.165, 1.54) is 0 Å². The van der Waals surface area contributed by atoms with E-state index in [1.54, 1.807) is 0 Å². The van der Waals surface area contributed by atoms with Crippen LogP contribution < -0.4 is 0 Å². The van der Waals surface area contributed by atoms with Crippen molar-refractivity contribution in [3.05, 3.63) is 12.4 Å². The minimum absolute atomic E-state index is 0.641. The van der Waals surface area contributed by atoms with E-state index in [9.17, 15) is 0 Å². The fraction of sp³-hybridized carbons (Fsp3) is 0.750. The summed E-state index contributed by atoms with van der Waals surface area (Å²) in [4.78, 5) is 4.62. The summed E-state index contributed by atoms with van der Waals surface area (Å²) in [6.07, 6.45) is 4.31. The molecule has 0 saturated carbocycles. The predicted molar refractivity (Wildman–Crippen MR) is 51.8 cm³/mol. The van der Waals surface area contributed by atoms with Gasteiger partial charge in [-0.2, -0.15) is 0 Å². The van der Waals surface area contributed by atoms with Crippen LogP contribution in [0.3, 0.4) is 0 Å². The van der Waals surface area contributed by atoms with Crippen LogP contribution in [0.25, 0.3) is 0 Å². The molecule has 0 aromatic heterocycles. The molecule has 0 aromatic rings. The molecule has 2 nitrogen and oxygen atoms in total. The molecule has 0 amide bonds. The molecule has 0 radical (unpaired) electrons. The molecule has 0 saturated heterocycles. The molecule has 1 aliphatic heterocycles. The molecule has 0 aromatic carbocycles. The Bertz CT molecular complexity index is 159. The first-order valence-corrected chi connectivity index (χ1v) is 7.63. The van der Waals surface area contributed by atoms with Crippen LogP contribution in [0.5, 0.6) is 0 Å².